The molecule has 7 heteroatoms. The fourth-order valence-corrected chi connectivity index (χ4v) is 1.58. The van der Waals surface area contributed by atoms with E-state index in [0.29, 0.717) is 11.3 Å². The van der Waals surface area contributed by atoms with Crippen molar-refractivity contribution in [1.29, 1.82) is 0 Å². The Morgan fingerprint density at radius 2 is 1.76 bits per heavy atom. The van der Waals surface area contributed by atoms with Gasteiger partial charge in [-0.25, -0.2) is 9.97 Å². The second-order valence-electron chi connectivity index (χ2n) is 3.56. The molecular weight excluding hydrogens is 233 g/mol. The van der Waals surface area contributed by atoms with Crippen molar-refractivity contribution in [3.8, 4) is 11.1 Å². The molecule has 0 spiro atoms. The molecule has 0 aliphatic rings. The average Bonchev–Trinajstić information content (AvgIpc) is 2.57. The molecule has 0 aliphatic carbocycles. The highest BCUT2D eigenvalue weighted by Crippen LogP contribution is 2.37. The maximum absolute atomic E-state index is 12.8. The van der Waals surface area contributed by atoms with Gasteiger partial charge in [0.2, 0.25) is 0 Å². The van der Waals surface area contributed by atoms with Crippen molar-refractivity contribution >= 4 is 0 Å². The monoisotopic (exact) mass is 242 g/mol. The summed E-state index contributed by atoms with van der Waals surface area (Å²) in [5.74, 6) is 0. The molecule has 4 nitrogen and oxygen atoms in total. The molecule has 0 unspecified atom stereocenters. The van der Waals surface area contributed by atoms with Crippen molar-refractivity contribution in [3.05, 3.63) is 30.1 Å². The summed E-state index contributed by atoms with van der Waals surface area (Å²) >= 11 is 0. The van der Waals surface area contributed by atoms with Gasteiger partial charge in [0, 0.05) is 36.3 Å². The summed E-state index contributed by atoms with van der Waals surface area (Å²) in [5, 5.41) is 3.49. The van der Waals surface area contributed by atoms with E-state index in [2.05, 4.69) is 15.1 Å². The van der Waals surface area contributed by atoms with Gasteiger partial charge in [-0.05, 0) is 6.92 Å². The largest absolute Gasteiger partial charge is 0.435 e. The van der Waals surface area contributed by atoms with Crippen molar-refractivity contribution in [3.63, 3.8) is 0 Å². The highest BCUT2D eigenvalue weighted by atomic mass is 19.4. The van der Waals surface area contributed by atoms with Gasteiger partial charge in [-0.2, -0.15) is 18.3 Å². The van der Waals surface area contributed by atoms with E-state index in [1.807, 2.05) is 0 Å². The van der Waals surface area contributed by atoms with Gasteiger partial charge in [-0.1, -0.05) is 0 Å². The van der Waals surface area contributed by atoms with E-state index in [1.54, 1.807) is 6.92 Å². The Morgan fingerprint density at radius 3 is 2.29 bits per heavy atom. The van der Waals surface area contributed by atoms with Gasteiger partial charge >= 0.3 is 6.18 Å². The van der Waals surface area contributed by atoms with Gasteiger partial charge in [0.15, 0.2) is 5.69 Å². The Balaban J connectivity index is 2.69. The van der Waals surface area contributed by atoms with Crippen LogP contribution in [-0.4, -0.2) is 19.7 Å². The van der Waals surface area contributed by atoms with Crippen LogP contribution in [0.1, 0.15) is 11.4 Å². The lowest BCUT2D eigenvalue weighted by molar-refractivity contribution is -0.140. The molecule has 0 fully saturated rings. The summed E-state index contributed by atoms with van der Waals surface area (Å²) in [6.45, 7) is 1.57. The number of hydrogen-bond donors (Lipinski definition) is 0. The van der Waals surface area contributed by atoms with E-state index in [9.17, 15) is 13.2 Å². The highest BCUT2D eigenvalue weighted by Gasteiger charge is 2.38. The summed E-state index contributed by atoms with van der Waals surface area (Å²) in [6.07, 6.45) is -0.543. The predicted octanol–water partition coefficient (Wildman–Crippen LogP) is 2.20. The van der Waals surface area contributed by atoms with Gasteiger partial charge < -0.3 is 0 Å². The Labute approximate surface area is 95.1 Å². The second kappa shape index (κ2) is 3.83. The standard InChI is InChI=1S/C10H9F3N4/c1-6-8(7-3-14-5-15-4-7)9(10(11,12)13)16-17(6)2/h3-5H,1-2H3. The third kappa shape index (κ3) is 2.00. The minimum absolute atomic E-state index is 0.0283. The van der Waals surface area contributed by atoms with Gasteiger partial charge in [0.1, 0.15) is 6.33 Å². The summed E-state index contributed by atoms with van der Waals surface area (Å²) in [5.41, 5.74) is -0.148. The highest BCUT2D eigenvalue weighted by molar-refractivity contribution is 5.67. The van der Waals surface area contributed by atoms with E-state index in [0.717, 1.165) is 0 Å². The van der Waals surface area contributed by atoms with Crippen LogP contribution in [0, 0.1) is 6.92 Å². The van der Waals surface area contributed by atoms with Gasteiger partial charge in [-0.15, -0.1) is 0 Å². The maximum atomic E-state index is 12.8. The molecule has 2 aromatic rings. The van der Waals surface area contributed by atoms with E-state index in [4.69, 9.17) is 0 Å². The minimum atomic E-state index is -4.49. The minimum Gasteiger partial charge on any atom is -0.272 e. The first-order chi connectivity index (χ1) is 7.91. The number of aryl methyl sites for hydroxylation is 1. The second-order valence-corrected chi connectivity index (χ2v) is 3.56. The van der Waals surface area contributed by atoms with Gasteiger partial charge in [0.05, 0.1) is 0 Å². The average molecular weight is 242 g/mol. The molecule has 2 heterocycles. The molecule has 17 heavy (non-hydrogen) atoms. The molecule has 0 aliphatic heterocycles. The fraction of sp³-hybridized carbons (Fsp3) is 0.300. The van der Waals surface area contributed by atoms with Crippen LogP contribution in [0.4, 0.5) is 13.2 Å². The molecule has 2 aromatic heterocycles. The molecule has 0 N–H and O–H groups in total. The van der Waals surface area contributed by atoms with E-state index in [-0.39, 0.29) is 5.56 Å². The zero-order chi connectivity index (χ0) is 12.6. The Kier molecular flexibility index (Phi) is 2.60. The summed E-state index contributed by atoms with van der Waals surface area (Å²) in [6, 6.07) is 0. The molecule has 0 saturated heterocycles. The maximum Gasteiger partial charge on any atom is 0.435 e. The van der Waals surface area contributed by atoms with Crippen LogP contribution in [0.5, 0.6) is 0 Å². The summed E-state index contributed by atoms with van der Waals surface area (Å²) in [4.78, 5) is 7.44. The zero-order valence-electron chi connectivity index (χ0n) is 9.15. The number of rotatable bonds is 1. The first-order valence-electron chi connectivity index (χ1n) is 4.77. The Morgan fingerprint density at radius 1 is 1.18 bits per heavy atom. The SMILES string of the molecule is Cc1c(-c2cncnc2)c(C(F)(F)F)nn1C. The van der Waals surface area contributed by atoms with Crippen molar-refractivity contribution in [2.45, 2.75) is 13.1 Å². The van der Waals surface area contributed by atoms with Crippen molar-refractivity contribution < 1.29 is 13.2 Å². The number of alkyl halides is 3. The zero-order valence-corrected chi connectivity index (χ0v) is 9.15. The molecule has 0 saturated carbocycles. The van der Waals surface area contributed by atoms with Gasteiger partial charge in [-0.3, -0.25) is 4.68 Å². The Bertz CT molecular complexity index is 530. The number of halogens is 3. The van der Waals surface area contributed by atoms with Crippen molar-refractivity contribution in [2.24, 2.45) is 7.05 Å². The predicted molar refractivity (Wildman–Crippen MR) is 54.0 cm³/mol. The van der Waals surface area contributed by atoms with Crippen LogP contribution in [0.2, 0.25) is 0 Å². The normalized spacial score (nSPS) is 11.8. The van der Waals surface area contributed by atoms with Crippen LogP contribution < -0.4 is 0 Å². The molecule has 0 bridgehead atoms. The lowest BCUT2D eigenvalue weighted by atomic mass is 10.1. The van der Waals surface area contributed by atoms with E-state index >= 15 is 0 Å². The summed E-state index contributed by atoms with van der Waals surface area (Å²) < 4.78 is 39.6. The molecule has 2 rings (SSSR count). The Hall–Kier alpha value is -1.92. The molecule has 0 radical (unpaired) electrons. The summed E-state index contributed by atoms with van der Waals surface area (Å²) in [7, 11) is 1.47. The smallest absolute Gasteiger partial charge is 0.272 e. The van der Waals surface area contributed by atoms with Crippen molar-refractivity contribution in [2.75, 3.05) is 0 Å². The lowest BCUT2D eigenvalue weighted by Crippen LogP contribution is -2.08. The van der Waals surface area contributed by atoms with Crippen LogP contribution >= 0.6 is 0 Å². The van der Waals surface area contributed by atoms with Crippen molar-refractivity contribution in [1.82, 2.24) is 19.7 Å². The molecule has 0 atom stereocenters. The van der Waals surface area contributed by atoms with E-state index in [1.165, 1.54) is 30.5 Å². The van der Waals surface area contributed by atoms with Gasteiger partial charge in [0.25, 0.3) is 0 Å². The third-order valence-corrected chi connectivity index (χ3v) is 2.45. The number of hydrogen-bond acceptors (Lipinski definition) is 3. The number of nitrogens with zero attached hydrogens (tertiary/aromatic N) is 4. The van der Waals surface area contributed by atoms with Crippen LogP contribution in [0.25, 0.3) is 11.1 Å². The third-order valence-electron chi connectivity index (χ3n) is 2.45. The molecule has 90 valence electrons. The lowest BCUT2D eigenvalue weighted by Gasteiger charge is -2.06. The molecule has 0 amide bonds. The van der Waals surface area contributed by atoms with Crippen LogP contribution in [0.3, 0.4) is 0 Å². The first kappa shape index (κ1) is 11.6. The molecule has 0 aromatic carbocycles. The van der Waals surface area contributed by atoms with Crippen LogP contribution in [0.15, 0.2) is 18.7 Å². The van der Waals surface area contributed by atoms with Crippen LogP contribution in [-0.2, 0) is 13.2 Å². The fourth-order valence-electron chi connectivity index (χ4n) is 1.58. The van der Waals surface area contributed by atoms with E-state index < -0.39 is 11.9 Å². The quantitative estimate of drug-likeness (QED) is 0.770. The topological polar surface area (TPSA) is 43.6 Å². The molecular formula is C10H9F3N4. The number of aromatic nitrogens is 4. The first-order valence-corrected chi connectivity index (χ1v) is 4.77.